The topological polar surface area (TPSA) is 15.3 Å². The molecule has 1 fully saturated rings. The van der Waals surface area contributed by atoms with E-state index < -0.39 is 0 Å². The Labute approximate surface area is 89.1 Å². The Morgan fingerprint density at radius 3 is 2.64 bits per heavy atom. The number of nitrogens with zero attached hydrogens (tertiary/aromatic N) is 1. The summed E-state index contributed by atoms with van der Waals surface area (Å²) >= 11 is 0. The van der Waals surface area contributed by atoms with Crippen LogP contribution in [0.15, 0.2) is 0 Å². The first kappa shape index (κ1) is 12.0. The minimum absolute atomic E-state index is 0.404. The molecule has 84 valence electrons. The lowest BCUT2D eigenvalue weighted by molar-refractivity contribution is 0.144. The standard InChI is InChI=1S/C12H26N2/c1-5-12(3,4)14-8-7-11(10-14)9-13-6-2/h11,13H,5-10H2,1-4H3. The van der Waals surface area contributed by atoms with Crippen molar-refractivity contribution >= 4 is 0 Å². The van der Waals surface area contributed by atoms with E-state index in [4.69, 9.17) is 0 Å². The number of rotatable bonds is 5. The van der Waals surface area contributed by atoms with Crippen LogP contribution in [0.5, 0.6) is 0 Å². The van der Waals surface area contributed by atoms with Crippen molar-refractivity contribution < 1.29 is 0 Å². The lowest BCUT2D eigenvalue weighted by Gasteiger charge is -2.34. The fourth-order valence-electron chi connectivity index (χ4n) is 2.12. The van der Waals surface area contributed by atoms with Crippen molar-refractivity contribution in [2.75, 3.05) is 26.2 Å². The summed E-state index contributed by atoms with van der Waals surface area (Å²) < 4.78 is 0. The predicted octanol–water partition coefficient (Wildman–Crippen LogP) is 2.11. The van der Waals surface area contributed by atoms with E-state index in [2.05, 4.69) is 37.9 Å². The summed E-state index contributed by atoms with van der Waals surface area (Å²) in [4.78, 5) is 2.65. The van der Waals surface area contributed by atoms with Crippen LogP contribution >= 0.6 is 0 Å². The van der Waals surface area contributed by atoms with Gasteiger partial charge in [-0.3, -0.25) is 4.90 Å². The summed E-state index contributed by atoms with van der Waals surface area (Å²) in [5.74, 6) is 0.876. The summed E-state index contributed by atoms with van der Waals surface area (Å²) in [6.07, 6.45) is 2.62. The highest BCUT2D eigenvalue weighted by Crippen LogP contribution is 2.26. The van der Waals surface area contributed by atoms with E-state index in [0.29, 0.717) is 5.54 Å². The van der Waals surface area contributed by atoms with E-state index in [0.717, 1.165) is 12.5 Å². The molecule has 14 heavy (non-hydrogen) atoms. The average molecular weight is 198 g/mol. The van der Waals surface area contributed by atoms with Crippen LogP contribution in [0.25, 0.3) is 0 Å². The summed E-state index contributed by atoms with van der Waals surface area (Å²) in [6.45, 7) is 14.1. The van der Waals surface area contributed by atoms with Crippen LogP contribution in [-0.4, -0.2) is 36.6 Å². The van der Waals surface area contributed by atoms with Crippen LogP contribution in [0.3, 0.4) is 0 Å². The minimum atomic E-state index is 0.404. The van der Waals surface area contributed by atoms with Gasteiger partial charge in [0.2, 0.25) is 0 Å². The van der Waals surface area contributed by atoms with E-state index in [1.54, 1.807) is 0 Å². The van der Waals surface area contributed by atoms with Crippen molar-refractivity contribution in [1.29, 1.82) is 0 Å². The van der Waals surface area contributed by atoms with Gasteiger partial charge < -0.3 is 5.32 Å². The van der Waals surface area contributed by atoms with Gasteiger partial charge in [0.1, 0.15) is 0 Å². The second-order valence-corrected chi connectivity index (χ2v) is 5.07. The van der Waals surface area contributed by atoms with E-state index in [1.165, 1.54) is 32.5 Å². The summed E-state index contributed by atoms with van der Waals surface area (Å²) in [7, 11) is 0. The highest BCUT2D eigenvalue weighted by atomic mass is 15.2. The van der Waals surface area contributed by atoms with Gasteiger partial charge in [0.25, 0.3) is 0 Å². The Balaban J connectivity index is 2.33. The molecule has 0 aromatic heterocycles. The first-order valence-corrected chi connectivity index (χ1v) is 6.06. The van der Waals surface area contributed by atoms with Gasteiger partial charge >= 0.3 is 0 Å². The van der Waals surface area contributed by atoms with Gasteiger partial charge in [0.05, 0.1) is 0 Å². The van der Waals surface area contributed by atoms with Gasteiger partial charge in [0.15, 0.2) is 0 Å². The lowest BCUT2D eigenvalue weighted by atomic mass is 10.00. The highest BCUT2D eigenvalue weighted by Gasteiger charge is 2.31. The van der Waals surface area contributed by atoms with Crippen LogP contribution in [0.4, 0.5) is 0 Å². The van der Waals surface area contributed by atoms with Crippen molar-refractivity contribution in [3.63, 3.8) is 0 Å². The zero-order valence-corrected chi connectivity index (χ0v) is 10.3. The van der Waals surface area contributed by atoms with Crippen LogP contribution in [-0.2, 0) is 0 Å². The van der Waals surface area contributed by atoms with E-state index in [9.17, 15) is 0 Å². The normalized spacial score (nSPS) is 24.4. The number of hydrogen-bond donors (Lipinski definition) is 1. The van der Waals surface area contributed by atoms with Crippen molar-refractivity contribution in [2.45, 2.75) is 46.1 Å². The summed E-state index contributed by atoms with van der Waals surface area (Å²) in [5, 5.41) is 3.45. The SMILES string of the molecule is CCNCC1CCN(C(C)(C)CC)C1. The molecule has 1 aliphatic heterocycles. The summed E-state index contributed by atoms with van der Waals surface area (Å²) in [6, 6.07) is 0. The van der Waals surface area contributed by atoms with Crippen molar-refractivity contribution in [1.82, 2.24) is 10.2 Å². The Bertz CT molecular complexity index is 166. The maximum absolute atomic E-state index is 3.45. The highest BCUT2D eigenvalue weighted by molar-refractivity contribution is 4.87. The maximum Gasteiger partial charge on any atom is 0.0150 e. The van der Waals surface area contributed by atoms with Crippen LogP contribution < -0.4 is 5.32 Å². The molecule has 2 nitrogen and oxygen atoms in total. The molecule has 1 saturated heterocycles. The Morgan fingerprint density at radius 1 is 1.36 bits per heavy atom. The first-order valence-electron chi connectivity index (χ1n) is 6.06. The molecular weight excluding hydrogens is 172 g/mol. The Morgan fingerprint density at radius 2 is 2.07 bits per heavy atom. The van der Waals surface area contributed by atoms with E-state index in [-0.39, 0.29) is 0 Å². The summed E-state index contributed by atoms with van der Waals surface area (Å²) in [5.41, 5.74) is 0.404. The molecule has 2 heteroatoms. The molecule has 0 radical (unpaired) electrons. The lowest BCUT2D eigenvalue weighted by Crippen LogP contribution is -2.42. The Hall–Kier alpha value is -0.0800. The second kappa shape index (κ2) is 5.13. The molecule has 1 aliphatic rings. The van der Waals surface area contributed by atoms with Crippen molar-refractivity contribution in [3.8, 4) is 0 Å². The molecule has 0 aliphatic carbocycles. The largest absolute Gasteiger partial charge is 0.317 e. The number of nitrogens with one attached hydrogen (secondary N) is 1. The second-order valence-electron chi connectivity index (χ2n) is 5.07. The monoisotopic (exact) mass is 198 g/mol. The smallest absolute Gasteiger partial charge is 0.0150 e. The van der Waals surface area contributed by atoms with Crippen LogP contribution in [0.1, 0.15) is 40.5 Å². The molecule has 1 atom stereocenters. The zero-order chi connectivity index (χ0) is 10.6. The number of likely N-dealkylation sites (tertiary alicyclic amines) is 1. The van der Waals surface area contributed by atoms with Gasteiger partial charge in [-0.2, -0.15) is 0 Å². The van der Waals surface area contributed by atoms with E-state index in [1.807, 2.05) is 0 Å². The van der Waals surface area contributed by atoms with Gasteiger partial charge in [-0.15, -0.1) is 0 Å². The maximum atomic E-state index is 3.45. The molecular formula is C12H26N2. The zero-order valence-electron chi connectivity index (χ0n) is 10.3. The predicted molar refractivity (Wildman–Crippen MR) is 62.6 cm³/mol. The van der Waals surface area contributed by atoms with Crippen molar-refractivity contribution in [2.24, 2.45) is 5.92 Å². The Kier molecular flexibility index (Phi) is 4.39. The molecule has 1 N–H and O–H groups in total. The van der Waals surface area contributed by atoms with Crippen molar-refractivity contribution in [3.05, 3.63) is 0 Å². The third kappa shape index (κ3) is 2.96. The molecule has 0 saturated carbocycles. The van der Waals surface area contributed by atoms with Gasteiger partial charge in [-0.1, -0.05) is 13.8 Å². The van der Waals surface area contributed by atoms with Gasteiger partial charge in [-0.25, -0.2) is 0 Å². The average Bonchev–Trinajstić information content (AvgIpc) is 2.63. The fraction of sp³-hybridized carbons (Fsp3) is 1.00. The quantitative estimate of drug-likeness (QED) is 0.728. The van der Waals surface area contributed by atoms with Crippen LogP contribution in [0.2, 0.25) is 0 Å². The van der Waals surface area contributed by atoms with E-state index >= 15 is 0 Å². The molecule has 1 unspecified atom stereocenters. The molecule has 0 aromatic carbocycles. The molecule has 0 bridgehead atoms. The molecule has 0 amide bonds. The third-order valence-corrected chi connectivity index (χ3v) is 3.69. The molecule has 1 rings (SSSR count). The van der Waals surface area contributed by atoms with Gasteiger partial charge in [0, 0.05) is 12.1 Å². The fourth-order valence-corrected chi connectivity index (χ4v) is 2.12. The molecule has 1 heterocycles. The number of hydrogen-bond acceptors (Lipinski definition) is 2. The molecule has 0 spiro atoms. The van der Waals surface area contributed by atoms with Crippen LogP contribution in [0, 0.1) is 5.92 Å². The van der Waals surface area contributed by atoms with Gasteiger partial charge in [-0.05, 0) is 52.2 Å². The molecule has 0 aromatic rings. The first-order chi connectivity index (χ1) is 6.60. The minimum Gasteiger partial charge on any atom is -0.317 e. The third-order valence-electron chi connectivity index (χ3n) is 3.69.